The molecule has 1 saturated heterocycles. The lowest BCUT2D eigenvalue weighted by Crippen LogP contribution is -2.33. The highest BCUT2D eigenvalue weighted by Gasteiger charge is 2.38. The van der Waals surface area contributed by atoms with E-state index in [1.165, 1.54) is 12.8 Å². The minimum absolute atomic E-state index is 0.194. The van der Waals surface area contributed by atoms with Crippen LogP contribution in [-0.2, 0) is 9.53 Å². The third-order valence-electron chi connectivity index (χ3n) is 3.32. The lowest BCUT2D eigenvalue weighted by atomic mass is 9.78. The highest BCUT2D eigenvalue weighted by atomic mass is 16.5. The number of carbonyl (C=O) groups is 1. The molecule has 1 aliphatic carbocycles. The molecule has 0 aromatic carbocycles. The van der Waals surface area contributed by atoms with E-state index in [1.807, 2.05) is 0 Å². The van der Waals surface area contributed by atoms with Gasteiger partial charge < -0.3 is 9.53 Å². The zero-order valence-electron chi connectivity index (χ0n) is 7.42. The van der Waals surface area contributed by atoms with Gasteiger partial charge in [-0.05, 0) is 38.5 Å². The number of hydrogen-bond acceptors (Lipinski definition) is 2. The van der Waals surface area contributed by atoms with Crippen LogP contribution in [0.4, 0.5) is 0 Å². The maximum atomic E-state index is 10.5. The van der Waals surface area contributed by atoms with Crippen molar-refractivity contribution in [2.45, 2.75) is 44.1 Å². The van der Waals surface area contributed by atoms with E-state index in [9.17, 15) is 4.79 Å². The van der Waals surface area contributed by atoms with Gasteiger partial charge in [0.05, 0.1) is 5.60 Å². The topological polar surface area (TPSA) is 26.3 Å². The zero-order valence-corrected chi connectivity index (χ0v) is 7.42. The number of aldehydes is 1. The Labute approximate surface area is 73.3 Å². The molecule has 1 saturated carbocycles. The Morgan fingerprint density at radius 2 is 2.00 bits per heavy atom. The normalized spacial score (nSPS) is 41.8. The fourth-order valence-corrected chi connectivity index (χ4v) is 2.45. The summed E-state index contributed by atoms with van der Waals surface area (Å²) in [5.74, 6) is 0.319. The van der Waals surface area contributed by atoms with Crippen LogP contribution in [0.1, 0.15) is 38.5 Å². The Bertz CT molecular complexity index is 161. The van der Waals surface area contributed by atoms with Crippen LogP contribution < -0.4 is 0 Å². The molecule has 1 spiro atoms. The van der Waals surface area contributed by atoms with Crippen molar-refractivity contribution in [1.82, 2.24) is 0 Å². The van der Waals surface area contributed by atoms with Gasteiger partial charge in [-0.3, -0.25) is 0 Å². The average Bonchev–Trinajstić information content (AvgIpc) is 2.55. The summed E-state index contributed by atoms with van der Waals surface area (Å²) in [4.78, 5) is 10.5. The first-order valence-electron chi connectivity index (χ1n) is 4.94. The van der Waals surface area contributed by atoms with E-state index in [0.29, 0.717) is 5.92 Å². The average molecular weight is 168 g/mol. The van der Waals surface area contributed by atoms with E-state index in [1.54, 1.807) is 0 Å². The summed E-state index contributed by atoms with van der Waals surface area (Å²) in [6, 6.07) is 0. The smallest absolute Gasteiger partial charge is 0.123 e. The minimum atomic E-state index is 0.194. The predicted octanol–water partition coefficient (Wildman–Crippen LogP) is 1.92. The quantitative estimate of drug-likeness (QED) is 0.559. The van der Waals surface area contributed by atoms with E-state index in [4.69, 9.17) is 4.74 Å². The van der Waals surface area contributed by atoms with Gasteiger partial charge in [-0.25, -0.2) is 0 Å². The molecule has 0 unspecified atom stereocenters. The van der Waals surface area contributed by atoms with E-state index in [2.05, 4.69) is 0 Å². The number of carbonyl (C=O) groups excluding carboxylic acids is 1. The predicted molar refractivity (Wildman–Crippen MR) is 45.9 cm³/mol. The van der Waals surface area contributed by atoms with Gasteiger partial charge in [0.1, 0.15) is 6.29 Å². The largest absolute Gasteiger partial charge is 0.375 e. The van der Waals surface area contributed by atoms with Crippen LogP contribution in [0, 0.1) is 5.92 Å². The van der Waals surface area contributed by atoms with Crippen LogP contribution in [0.5, 0.6) is 0 Å². The van der Waals surface area contributed by atoms with Gasteiger partial charge in [0.2, 0.25) is 0 Å². The second kappa shape index (κ2) is 3.17. The van der Waals surface area contributed by atoms with E-state index in [-0.39, 0.29) is 5.60 Å². The standard InChI is InChI=1S/C10H16O2/c11-8-9-2-5-10(6-3-9)4-1-7-12-10/h8-9H,1-7H2. The molecule has 2 heteroatoms. The summed E-state index contributed by atoms with van der Waals surface area (Å²) in [5, 5.41) is 0. The van der Waals surface area contributed by atoms with Crippen molar-refractivity contribution in [2.24, 2.45) is 5.92 Å². The SMILES string of the molecule is O=CC1CCC2(CCCO2)CC1. The van der Waals surface area contributed by atoms with Gasteiger partial charge in [-0.15, -0.1) is 0 Å². The maximum absolute atomic E-state index is 10.5. The van der Waals surface area contributed by atoms with Crippen molar-refractivity contribution >= 4 is 6.29 Å². The molecule has 0 atom stereocenters. The first kappa shape index (κ1) is 8.24. The van der Waals surface area contributed by atoms with Crippen LogP contribution in [0.2, 0.25) is 0 Å². The van der Waals surface area contributed by atoms with Crippen LogP contribution in [0.15, 0.2) is 0 Å². The van der Waals surface area contributed by atoms with Gasteiger partial charge in [0.15, 0.2) is 0 Å². The van der Waals surface area contributed by atoms with Crippen molar-refractivity contribution in [3.63, 3.8) is 0 Å². The summed E-state index contributed by atoms with van der Waals surface area (Å²) < 4.78 is 5.76. The summed E-state index contributed by atoms with van der Waals surface area (Å²) >= 11 is 0. The molecule has 0 bridgehead atoms. The molecular weight excluding hydrogens is 152 g/mol. The summed E-state index contributed by atoms with van der Waals surface area (Å²) in [6.07, 6.45) is 7.85. The molecule has 0 aromatic rings. The van der Waals surface area contributed by atoms with Crippen molar-refractivity contribution in [2.75, 3.05) is 6.61 Å². The Hall–Kier alpha value is -0.370. The summed E-state index contributed by atoms with van der Waals surface area (Å²) in [5.41, 5.74) is 0.194. The van der Waals surface area contributed by atoms with Crippen molar-refractivity contribution in [1.29, 1.82) is 0 Å². The lowest BCUT2D eigenvalue weighted by Gasteiger charge is -2.34. The van der Waals surface area contributed by atoms with Crippen LogP contribution in [-0.4, -0.2) is 18.5 Å². The second-order valence-corrected chi connectivity index (χ2v) is 4.11. The van der Waals surface area contributed by atoms with Crippen LogP contribution in [0.25, 0.3) is 0 Å². The first-order valence-corrected chi connectivity index (χ1v) is 4.94. The number of hydrogen-bond donors (Lipinski definition) is 0. The Morgan fingerprint density at radius 1 is 1.25 bits per heavy atom. The fraction of sp³-hybridized carbons (Fsp3) is 0.900. The van der Waals surface area contributed by atoms with E-state index in [0.717, 1.165) is 38.6 Å². The zero-order chi connectivity index (χ0) is 8.44. The molecule has 0 N–H and O–H groups in total. The molecule has 2 aliphatic rings. The van der Waals surface area contributed by atoms with Crippen molar-refractivity contribution in [3.8, 4) is 0 Å². The van der Waals surface area contributed by atoms with Gasteiger partial charge in [-0.2, -0.15) is 0 Å². The number of rotatable bonds is 1. The van der Waals surface area contributed by atoms with E-state index < -0.39 is 0 Å². The molecule has 12 heavy (non-hydrogen) atoms. The highest BCUT2D eigenvalue weighted by Crippen LogP contribution is 2.40. The second-order valence-electron chi connectivity index (χ2n) is 4.11. The maximum Gasteiger partial charge on any atom is 0.123 e. The summed E-state index contributed by atoms with van der Waals surface area (Å²) in [7, 11) is 0. The number of ether oxygens (including phenoxy) is 1. The lowest BCUT2D eigenvalue weighted by molar-refractivity contribution is -0.114. The van der Waals surface area contributed by atoms with Crippen molar-refractivity contribution in [3.05, 3.63) is 0 Å². The Morgan fingerprint density at radius 3 is 2.50 bits per heavy atom. The van der Waals surface area contributed by atoms with Gasteiger partial charge in [-0.1, -0.05) is 0 Å². The van der Waals surface area contributed by atoms with Crippen LogP contribution >= 0.6 is 0 Å². The Kier molecular flexibility index (Phi) is 2.18. The Balaban J connectivity index is 1.92. The van der Waals surface area contributed by atoms with Crippen LogP contribution in [0.3, 0.4) is 0 Å². The third-order valence-corrected chi connectivity index (χ3v) is 3.32. The first-order chi connectivity index (χ1) is 5.85. The monoisotopic (exact) mass is 168 g/mol. The fourth-order valence-electron chi connectivity index (χ4n) is 2.45. The molecule has 0 radical (unpaired) electrons. The minimum Gasteiger partial charge on any atom is -0.375 e. The van der Waals surface area contributed by atoms with Gasteiger partial charge >= 0.3 is 0 Å². The molecular formula is C10H16O2. The van der Waals surface area contributed by atoms with Gasteiger partial charge in [0.25, 0.3) is 0 Å². The third kappa shape index (κ3) is 1.40. The molecule has 2 fully saturated rings. The molecule has 68 valence electrons. The molecule has 1 heterocycles. The van der Waals surface area contributed by atoms with Gasteiger partial charge in [0, 0.05) is 12.5 Å². The molecule has 2 rings (SSSR count). The van der Waals surface area contributed by atoms with Crippen molar-refractivity contribution < 1.29 is 9.53 Å². The molecule has 2 nitrogen and oxygen atoms in total. The molecule has 0 aromatic heterocycles. The molecule has 1 aliphatic heterocycles. The van der Waals surface area contributed by atoms with E-state index >= 15 is 0 Å². The molecule has 0 amide bonds. The summed E-state index contributed by atoms with van der Waals surface area (Å²) in [6.45, 7) is 0.936. The highest BCUT2D eigenvalue weighted by molar-refractivity contribution is 5.53.